The maximum atomic E-state index is 12.2. The fourth-order valence-corrected chi connectivity index (χ4v) is 4.23. The van der Waals surface area contributed by atoms with Crippen LogP contribution in [0.15, 0.2) is 42.5 Å². The smallest absolute Gasteiger partial charge is 0.303 e. The third-order valence-electron chi connectivity index (χ3n) is 6.09. The summed E-state index contributed by atoms with van der Waals surface area (Å²) in [6.07, 6.45) is -6.96. The highest BCUT2D eigenvalue weighted by Gasteiger charge is 2.53. The molecule has 3 rings (SSSR count). The number of esters is 4. The Kier molecular flexibility index (Phi) is 11.5. The van der Waals surface area contributed by atoms with Crippen LogP contribution in [0.4, 0.5) is 0 Å². The van der Waals surface area contributed by atoms with E-state index in [1.807, 2.05) is 12.1 Å². The van der Waals surface area contributed by atoms with E-state index in [1.165, 1.54) is 26.0 Å². The minimum Gasteiger partial charge on any atom is -0.497 e. The number of rotatable bonds is 12. The normalized spacial score (nSPS) is 21.1. The van der Waals surface area contributed by atoms with Crippen molar-refractivity contribution >= 4 is 29.7 Å². The van der Waals surface area contributed by atoms with E-state index in [4.69, 9.17) is 37.9 Å². The molecule has 0 amide bonds. The molecule has 0 aliphatic carbocycles. The van der Waals surface area contributed by atoms with Crippen LogP contribution in [0.25, 0.3) is 0 Å². The number of ether oxygens (including phenoxy) is 8. The van der Waals surface area contributed by atoms with Gasteiger partial charge in [0.15, 0.2) is 29.5 Å². The summed E-state index contributed by atoms with van der Waals surface area (Å²) in [6, 6.07) is 11.6. The van der Waals surface area contributed by atoms with Crippen molar-refractivity contribution in [2.75, 3.05) is 13.7 Å². The second-order valence-electron chi connectivity index (χ2n) is 9.54. The van der Waals surface area contributed by atoms with Crippen LogP contribution in [0, 0.1) is 0 Å². The zero-order chi connectivity index (χ0) is 31.7. The molecule has 0 radical (unpaired) electrons. The lowest BCUT2D eigenvalue weighted by atomic mass is 9.98. The summed E-state index contributed by atoms with van der Waals surface area (Å²) < 4.78 is 44.7. The molecule has 0 saturated carbocycles. The van der Waals surface area contributed by atoms with Gasteiger partial charge in [0.05, 0.1) is 7.11 Å². The van der Waals surface area contributed by atoms with Crippen molar-refractivity contribution in [3.63, 3.8) is 0 Å². The highest BCUT2D eigenvalue weighted by Crippen LogP contribution is 2.35. The number of methoxy groups -OCH3 is 1. The average molecular weight is 603 g/mol. The van der Waals surface area contributed by atoms with E-state index >= 15 is 0 Å². The standard InChI is InChI=1S/C30H34O13/c1-16(31)22-9-12-24(38-14-21-7-10-23(36-6)11-8-21)25(13-22)42-30-29(41-20(5)35)28(40-19(4)34)27(39-18(3)33)26(43-30)15-37-17(2)32/h7-13,26-30H,14-15H2,1-6H3/t26-,27-,28+,29-,30-/m1/s1. The lowest BCUT2D eigenvalue weighted by molar-refractivity contribution is -0.288. The van der Waals surface area contributed by atoms with Crippen molar-refractivity contribution in [3.05, 3.63) is 53.6 Å². The fraction of sp³-hybridized carbons (Fsp3) is 0.433. The predicted octanol–water partition coefficient (Wildman–Crippen LogP) is 2.94. The van der Waals surface area contributed by atoms with Gasteiger partial charge in [0.2, 0.25) is 12.4 Å². The first kappa shape index (κ1) is 32.9. The van der Waals surface area contributed by atoms with Gasteiger partial charge in [0.25, 0.3) is 0 Å². The molecule has 13 heteroatoms. The summed E-state index contributed by atoms with van der Waals surface area (Å²) in [4.78, 5) is 60.1. The number of hydrogen-bond donors (Lipinski definition) is 0. The van der Waals surface area contributed by atoms with E-state index in [-0.39, 0.29) is 29.5 Å². The van der Waals surface area contributed by atoms with E-state index in [0.717, 1.165) is 26.3 Å². The Hall–Kier alpha value is -4.65. The average Bonchev–Trinajstić information content (AvgIpc) is 2.93. The summed E-state index contributed by atoms with van der Waals surface area (Å²) in [5.74, 6) is -2.35. The quantitative estimate of drug-likeness (QED) is 0.198. The van der Waals surface area contributed by atoms with E-state index in [0.29, 0.717) is 5.75 Å². The summed E-state index contributed by atoms with van der Waals surface area (Å²) in [5.41, 5.74) is 1.08. The number of carbonyl (C=O) groups excluding carboxylic acids is 5. The van der Waals surface area contributed by atoms with Crippen molar-refractivity contribution < 1.29 is 61.9 Å². The van der Waals surface area contributed by atoms with E-state index in [1.54, 1.807) is 25.3 Å². The van der Waals surface area contributed by atoms with Gasteiger partial charge in [0, 0.05) is 33.3 Å². The predicted molar refractivity (Wildman–Crippen MR) is 146 cm³/mol. The van der Waals surface area contributed by atoms with Gasteiger partial charge in [-0.3, -0.25) is 24.0 Å². The summed E-state index contributed by atoms with van der Waals surface area (Å²) >= 11 is 0. The maximum Gasteiger partial charge on any atom is 0.303 e. The van der Waals surface area contributed by atoms with Gasteiger partial charge in [-0.15, -0.1) is 0 Å². The van der Waals surface area contributed by atoms with Crippen LogP contribution in [0.3, 0.4) is 0 Å². The van der Waals surface area contributed by atoms with Crippen LogP contribution in [0.2, 0.25) is 0 Å². The van der Waals surface area contributed by atoms with Crippen LogP contribution in [0.5, 0.6) is 17.2 Å². The van der Waals surface area contributed by atoms with Gasteiger partial charge in [-0.1, -0.05) is 12.1 Å². The van der Waals surface area contributed by atoms with Crippen LogP contribution >= 0.6 is 0 Å². The van der Waals surface area contributed by atoms with Crippen LogP contribution in [0.1, 0.15) is 50.5 Å². The minimum absolute atomic E-state index is 0.0297. The summed E-state index contributed by atoms with van der Waals surface area (Å²) in [7, 11) is 1.55. The monoisotopic (exact) mass is 602 g/mol. The van der Waals surface area contributed by atoms with Crippen LogP contribution in [-0.4, -0.2) is 74.1 Å². The van der Waals surface area contributed by atoms with Gasteiger partial charge >= 0.3 is 23.9 Å². The Morgan fingerprint density at radius 2 is 1.33 bits per heavy atom. The summed E-state index contributed by atoms with van der Waals surface area (Å²) in [5, 5.41) is 0. The van der Waals surface area contributed by atoms with Crippen molar-refractivity contribution in [2.45, 2.75) is 71.9 Å². The molecule has 0 spiro atoms. The Morgan fingerprint density at radius 1 is 0.721 bits per heavy atom. The number of hydrogen-bond acceptors (Lipinski definition) is 13. The molecule has 0 N–H and O–H groups in total. The van der Waals surface area contributed by atoms with E-state index in [2.05, 4.69) is 0 Å². The van der Waals surface area contributed by atoms with E-state index < -0.39 is 61.2 Å². The first-order valence-corrected chi connectivity index (χ1v) is 13.3. The third-order valence-corrected chi connectivity index (χ3v) is 6.09. The largest absolute Gasteiger partial charge is 0.497 e. The zero-order valence-electron chi connectivity index (χ0n) is 24.6. The molecule has 13 nitrogen and oxygen atoms in total. The SMILES string of the molecule is COc1ccc(COc2ccc(C(C)=O)cc2O[C@@H]2O[C@H](COC(C)=O)[C@@H](OC(C)=O)[C@H](OC(C)=O)[C@H]2OC(C)=O)cc1. The number of carbonyl (C=O) groups is 5. The fourth-order valence-electron chi connectivity index (χ4n) is 4.23. The first-order chi connectivity index (χ1) is 20.4. The topological polar surface area (TPSA) is 159 Å². The first-order valence-electron chi connectivity index (χ1n) is 13.3. The number of benzene rings is 2. The Morgan fingerprint density at radius 3 is 1.88 bits per heavy atom. The molecule has 0 aromatic heterocycles. The second-order valence-corrected chi connectivity index (χ2v) is 9.54. The molecule has 232 valence electrons. The van der Waals surface area contributed by atoms with Gasteiger partial charge < -0.3 is 37.9 Å². The van der Waals surface area contributed by atoms with Gasteiger partial charge in [-0.05, 0) is 42.8 Å². The van der Waals surface area contributed by atoms with Crippen LogP contribution < -0.4 is 14.2 Å². The lowest BCUT2D eigenvalue weighted by Gasteiger charge is -2.44. The molecule has 43 heavy (non-hydrogen) atoms. The van der Waals surface area contributed by atoms with Gasteiger partial charge in [-0.25, -0.2) is 0 Å². The van der Waals surface area contributed by atoms with Gasteiger partial charge in [-0.2, -0.15) is 0 Å². The van der Waals surface area contributed by atoms with Crippen LogP contribution in [-0.2, 0) is 49.5 Å². The zero-order valence-corrected chi connectivity index (χ0v) is 24.6. The molecule has 5 atom stereocenters. The Bertz CT molecular complexity index is 1320. The van der Waals surface area contributed by atoms with Crippen molar-refractivity contribution in [1.82, 2.24) is 0 Å². The molecule has 1 aliphatic heterocycles. The Balaban J connectivity index is 2.02. The molecule has 1 heterocycles. The lowest BCUT2D eigenvalue weighted by Crippen LogP contribution is -2.63. The van der Waals surface area contributed by atoms with E-state index in [9.17, 15) is 24.0 Å². The molecular weight excluding hydrogens is 568 g/mol. The molecule has 1 aliphatic rings. The molecule has 2 aromatic carbocycles. The minimum atomic E-state index is -1.51. The molecule has 1 saturated heterocycles. The Labute approximate surface area is 248 Å². The molecule has 1 fully saturated rings. The van der Waals surface area contributed by atoms with Gasteiger partial charge in [0.1, 0.15) is 25.1 Å². The highest BCUT2D eigenvalue weighted by atomic mass is 16.7. The highest BCUT2D eigenvalue weighted by molar-refractivity contribution is 5.94. The van der Waals surface area contributed by atoms with Crippen molar-refractivity contribution in [1.29, 1.82) is 0 Å². The molecule has 2 aromatic rings. The third kappa shape index (κ3) is 9.43. The number of ketones is 1. The molecule has 0 bridgehead atoms. The second kappa shape index (κ2) is 15.0. The maximum absolute atomic E-state index is 12.2. The molecular formula is C30H34O13. The van der Waals surface area contributed by atoms with Crippen molar-refractivity contribution in [3.8, 4) is 17.2 Å². The molecule has 0 unspecified atom stereocenters. The summed E-state index contributed by atoms with van der Waals surface area (Å²) in [6.45, 7) is 5.58. The van der Waals surface area contributed by atoms with Crippen molar-refractivity contribution in [2.24, 2.45) is 0 Å². The number of Topliss-reactive ketones (excluding diaryl/α,β-unsaturated/α-hetero) is 1.